The summed E-state index contributed by atoms with van der Waals surface area (Å²) in [7, 11) is 0. The number of allylic oxidation sites excluding steroid dienone is 1. The van der Waals surface area contributed by atoms with E-state index in [1.54, 1.807) is 25.1 Å². The second kappa shape index (κ2) is 9.98. The first kappa shape index (κ1) is 21.4. The molecule has 0 unspecified atom stereocenters. The number of hydrogen-bond acceptors (Lipinski definition) is 8. The lowest BCUT2D eigenvalue weighted by atomic mass is 10.1. The Labute approximate surface area is 177 Å². The molecule has 0 atom stereocenters. The molecule has 2 aromatic carbocycles. The molecule has 158 valence electrons. The van der Waals surface area contributed by atoms with Gasteiger partial charge in [0.1, 0.15) is 6.07 Å². The van der Waals surface area contributed by atoms with Gasteiger partial charge in [0.05, 0.1) is 12.2 Å². The highest BCUT2D eigenvalue weighted by Gasteiger charge is 2.17. The molecule has 8 nitrogen and oxygen atoms in total. The number of hydrogen-bond donors (Lipinski definition) is 2. The summed E-state index contributed by atoms with van der Waals surface area (Å²) in [6.45, 7) is -1.12. The third kappa shape index (κ3) is 5.63. The summed E-state index contributed by atoms with van der Waals surface area (Å²) in [5, 5.41) is 12.6. The summed E-state index contributed by atoms with van der Waals surface area (Å²) in [5.74, 6) is -0.0934. The van der Waals surface area contributed by atoms with Gasteiger partial charge in [0.15, 0.2) is 17.3 Å². The van der Waals surface area contributed by atoms with E-state index in [0.29, 0.717) is 5.69 Å². The van der Waals surface area contributed by atoms with Crippen LogP contribution in [0.4, 0.5) is 26.4 Å². The number of nitrogens with zero attached hydrogens (tertiary/aromatic N) is 4. The zero-order chi connectivity index (χ0) is 22.2. The minimum Gasteiger partial charge on any atom is -0.490 e. The van der Waals surface area contributed by atoms with Crippen LogP contribution in [0, 0.1) is 11.3 Å². The fraction of sp³-hybridized carbons (Fsp3) is 0.143. The van der Waals surface area contributed by atoms with Gasteiger partial charge in [-0.2, -0.15) is 29.0 Å². The van der Waals surface area contributed by atoms with E-state index >= 15 is 0 Å². The molecule has 0 saturated heterocycles. The van der Waals surface area contributed by atoms with Gasteiger partial charge in [-0.05, 0) is 31.2 Å². The maximum atomic E-state index is 13.0. The van der Waals surface area contributed by atoms with Gasteiger partial charge in [-0.3, -0.25) is 0 Å². The third-order valence-corrected chi connectivity index (χ3v) is 3.86. The van der Waals surface area contributed by atoms with Gasteiger partial charge in [-0.15, -0.1) is 0 Å². The Hall–Kier alpha value is -4.26. The molecule has 0 aliphatic rings. The van der Waals surface area contributed by atoms with Gasteiger partial charge in [-0.25, -0.2) is 0 Å². The lowest BCUT2D eigenvalue weighted by molar-refractivity contribution is -0.0515. The van der Waals surface area contributed by atoms with E-state index in [4.69, 9.17) is 10.5 Å². The van der Waals surface area contributed by atoms with Crippen LogP contribution in [-0.2, 0) is 0 Å². The van der Waals surface area contributed by atoms with Gasteiger partial charge < -0.3 is 20.5 Å². The van der Waals surface area contributed by atoms with Gasteiger partial charge in [-0.1, -0.05) is 30.3 Å². The predicted octanol–water partition coefficient (Wildman–Crippen LogP) is 4.26. The topological polar surface area (TPSA) is 119 Å². The average Bonchev–Trinajstić information content (AvgIpc) is 2.74. The molecule has 31 heavy (non-hydrogen) atoms. The highest BCUT2D eigenvalue weighted by Crippen LogP contribution is 2.35. The Bertz CT molecular complexity index is 1120. The van der Waals surface area contributed by atoms with Crippen LogP contribution in [0.15, 0.2) is 48.5 Å². The fourth-order valence-electron chi connectivity index (χ4n) is 2.65. The summed E-state index contributed by atoms with van der Waals surface area (Å²) in [6, 6.07) is 15.6. The maximum absolute atomic E-state index is 13.0. The molecule has 0 aliphatic carbocycles. The molecular weight excluding hydrogens is 406 g/mol. The molecular formula is C21H18F2N6O2. The van der Waals surface area contributed by atoms with Crippen LogP contribution < -0.4 is 20.5 Å². The van der Waals surface area contributed by atoms with E-state index in [1.807, 2.05) is 24.3 Å². The standard InChI is InChI=1S/C21H18F2N6O2/c1-2-30-16-10-6-7-13(17(16)31-19(22)23)11-14(12-24)18-27-20(25)29-21(28-18)26-15-8-4-3-5-9-15/h3-11,19H,2H2,1H3,(H3,25,26,27,28,29)/b14-11+. The number of nitrogen functional groups attached to an aromatic ring is 1. The number of halogens is 2. The Morgan fingerprint density at radius 2 is 1.94 bits per heavy atom. The highest BCUT2D eigenvalue weighted by molar-refractivity contribution is 5.89. The number of nitrogens with two attached hydrogens (primary N) is 1. The first-order chi connectivity index (χ1) is 15.0. The van der Waals surface area contributed by atoms with Crippen LogP contribution in [-0.4, -0.2) is 28.2 Å². The summed E-state index contributed by atoms with van der Waals surface area (Å²) < 4.78 is 35.9. The SMILES string of the molecule is CCOc1cccc(/C=C(\C#N)c2nc(N)nc(Nc3ccccc3)n2)c1OC(F)F. The number of nitriles is 1. The number of alkyl halides is 2. The van der Waals surface area contributed by atoms with Gasteiger partial charge in [0.2, 0.25) is 11.9 Å². The van der Waals surface area contributed by atoms with Crippen molar-refractivity contribution in [2.45, 2.75) is 13.5 Å². The van der Waals surface area contributed by atoms with Crippen LogP contribution in [0.5, 0.6) is 11.5 Å². The quantitative estimate of drug-likeness (QED) is 0.515. The van der Waals surface area contributed by atoms with Crippen molar-refractivity contribution in [2.75, 3.05) is 17.7 Å². The smallest absolute Gasteiger partial charge is 0.387 e. The van der Waals surface area contributed by atoms with Crippen molar-refractivity contribution in [1.82, 2.24) is 15.0 Å². The minimum atomic E-state index is -3.08. The Kier molecular flexibility index (Phi) is 6.90. The summed E-state index contributed by atoms with van der Waals surface area (Å²) >= 11 is 0. The highest BCUT2D eigenvalue weighted by atomic mass is 19.3. The second-order valence-corrected chi connectivity index (χ2v) is 5.99. The largest absolute Gasteiger partial charge is 0.490 e. The molecule has 0 spiro atoms. The fourth-order valence-corrected chi connectivity index (χ4v) is 2.65. The normalized spacial score (nSPS) is 11.1. The monoisotopic (exact) mass is 424 g/mol. The van der Waals surface area contributed by atoms with E-state index in [2.05, 4.69) is 25.0 Å². The number of nitrogens with one attached hydrogen (secondary N) is 1. The molecule has 0 bridgehead atoms. The average molecular weight is 424 g/mol. The van der Waals surface area contributed by atoms with Crippen molar-refractivity contribution in [2.24, 2.45) is 0 Å². The van der Waals surface area contributed by atoms with Crippen LogP contribution >= 0.6 is 0 Å². The van der Waals surface area contributed by atoms with E-state index in [0.717, 1.165) is 0 Å². The number of ether oxygens (including phenoxy) is 2. The van der Waals surface area contributed by atoms with Crippen LogP contribution in [0.2, 0.25) is 0 Å². The molecule has 3 rings (SSSR count). The number of aromatic nitrogens is 3. The summed E-state index contributed by atoms with van der Waals surface area (Å²) in [6.07, 6.45) is 1.32. The molecule has 3 N–H and O–H groups in total. The van der Waals surface area contributed by atoms with Gasteiger partial charge in [0.25, 0.3) is 0 Å². The van der Waals surface area contributed by atoms with E-state index in [9.17, 15) is 14.0 Å². The van der Waals surface area contributed by atoms with Crippen molar-refractivity contribution in [3.8, 4) is 17.6 Å². The van der Waals surface area contributed by atoms with Crippen LogP contribution in [0.1, 0.15) is 18.3 Å². The lowest BCUT2D eigenvalue weighted by Gasteiger charge is -2.14. The molecule has 0 saturated carbocycles. The van der Waals surface area contributed by atoms with Crippen LogP contribution in [0.3, 0.4) is 0 Å². The minimum absolute atomic E-state index is 0.0294. The van der Waals surface area contributed by atoms with Crippen molar-refractivity contribution >= 4 is 29.2 Å². The molecule has 0 aliphatic heterocycles. The molecule has 1 aromatic heterocycles. The van der Waals surface area contributed by atoms with E-state index < -0.39 is 6.61 Å². The summed E-state index contributed by atoms with van der Waals surface area (Å²) in [5.41, 5.74) is 6.65. The number of para-hydroxylation sites is 2. The first-order valence-electron chi connectivity index (χ1n) is 9.16. The molecule has 0 amide bonds. The van der Waals surface area contributed by atoms with E-state index in [1.165, 1.54) is 18.2 Å². The second-order valence-electron chi connectivity index (χ2n) is 5.99. The lowest BCUT2D eigenvalue weighted by Crippen LogP contribution is -2.07. The van der Waals surface area contributed by atoms with Crippen molar-refractivity contribution in [3.63, 3.8) is 0 Å². The number of benzene rings is 2. The van der Waals surface area contributed by atoms with Crippen molar-refractivity contribution < 1.29 is 18.3 Å². The Balaban J connectivity index is 2.02. The first-order valence-corrected chi connectivity index (χ1v) is 9.16. The van der Waals surface area contributed by atoms with Gasteiger partial charge >= 0.3 is 6.61 Å². The predicted molar refractivity (Wildman–Crippen MR) is 112 cm³/mol. The maximum Gasteiger partial charge on any atom is 0.387 e. The number of rotatable bonds is 8. The Morgan fingerprint density at radius 1 is 1.16 bits per heavy atom. The zero-order valence-corrected chi connectivity index (χ0v) is 16.4. The third-order valence-electron chi connectivity index (χ3n) is 3.86. The number of anilines is 3. The zero-order valence-electron chi connectivity index (χ0n) is 16.4. The van der Waals surface area contributed by atoms with Crippen molar-refractivity contribution in [3.05, 3.63) is 59.9 Å². The molecule has 0 radical (unpaired) electrons. The van der Waals surface area contributed by atoms with E-state index in [-0.39, 0.29) is 47.0 Å². The molecule has 3 aromatic rings. The van der Waals surface area contributed by atoms with Gasteiger partial charge in [0, 0.05) is 11.3 Å². The molecule has 1 heterocycles. The molecule has 10 heteroatoms. The van der Waals surface area contributed by atoms with Crippen LogP contribution in [0.25, 0.3) is 11.6 Å². The summed E-state index contributed by atoms with van der Waals surface area (Å²) in [4.78, 5) is 12.2. The Morgan fingerprint density at radius 3 is 2.61 bits per heavy atom. The molecule has 0 fully saturated rings. The van der Waals surface area contributed by atoms with Crippen molar-refractivity contribution in [1.29, 1.82) is 5.26 Å².